The summed E-state index contributed by atoms with van der Waals surface area (Å²) in [7, 11) is 0. The third-order valence-electron chi connectivity index (χ3n) is 3.88. The normalized spacial score (nSPS) is 15.6. The first kappa shape index (κ1) is 16.4. The molecule has 0 saturated carbocycles. The van der Waals surface area contributed by atoms with Crippen LogP contribution in [0.15, 0.2) is 30.6 Å². The van der Waals surface area contributed by atoms with E-state index in [-0.39, 0.29) is 17.4 Å². The highest BCUT2D eigenvalue weighted by Gasteiger charge is 2.18. The quantitative estimate of drug-likeness (QED) is 0.906. The Balaban J connectivity index is 1.91. The number of benzene rings is 1. The molecule has 0 atom stereocenters. The third-order valence-corrected chi connectivity index (χ3v) is 3.88. The van der Waals surface area contributed by atoms with Crippen molar-refractivity contribution in [2.75, 3.05) is 13.2 Å². The van der Waals surface area contributed by atoms with E-state index in [1.807, 2.05) is 0 Å². The summed E-state index contributed by atoms with van der Waals surface area (Å²) in [5.74, 6) is -1.41. The lowest BCUT2D eigenvalue weighted by Crippen LogP contribution is -2.19. The van der Waals surface area contributed by atoms with Gasteiger partial charge in [0.15, 0.2) is 0 Å². The zero-order valence-electron chi connectivity index (χ0n) is 12.7. The lowest BCUT2D eigenvalue weighted by Gasteiger charge is -2.22. The van der Waals surface area contributed by atoms with Gasteiger partial charge in [0.2, 0.25) is 0 Å². The molecule has 0 amide bonds. The second-order valence-corrected chi connectivity index (χ2v) is 5.48. The first-order chi connectivity index (χ1) is 11.5. The molecule has 0 unspecified atom stereocenters. The van der Waals surface area contributed by atoms with Gasteiger partial charge in [0.05, 0.1) is 17.8 Å². The molecule has 2 aromatic rings. The van der Waals surface area contributed by atoms with Gasteiger partial charge in [-0.25, -0.2) is 4.79 Å². The number of carbonyl (C=O) groups is 1. The molecule has 3 rings (SSSR count). The summed E-state index contributed by atoms with van der Waals surface area (Å²) in [6.07, 6.45) is 5.05. The van der Waals surface area contributed by atoms with Crippen LogP contribution in [0.1, 0.15) is 29.2 Å². The van der Waals surface area contributed by atoms with Crippen molar-refractivity contribution in [2.24, 2.45) is 0 Å². The Kier molecular flexibility index (Phi) is 4.75. The molecule has 1 N–H and O–H groups in total. The van der Waals surface area contributed by atoms with E-state index < -0.39 is 12.6 Å². The molecule has 1 aromatic heterocycles. The van der Waals surface area contributed by atoms with Crippen LogP contribution in [-0.2, 0) is 4.74 Å². The molecule has 128 valence electrons. The van der Waals surface area contributed by atoms with Gasteiger partial charge < -0.3 is 14.6 Å². The summed E-state index contributed by atoms with van der Waals surface area (Å²) in [4.78, 5) is 11.2. The molecule has 8 heteroatoms. The molecular weight excluding hydrogens is 322 g/mol. The Morgan fingerprint density at radius 1 is 1.29 bits per heavy atom. The van der Waals surface area contributed by atoms with Crippen LogP contribution >= 0.6 is 0 Å². The zero-order valence-corrected chi connectivity index (χ0v) is 12.7. The number of nitrogens with zero attached hydrogens (tertiary/aromatic N) is 2. The minimum atomic E-state index is -3.02. The Morgan fingerprint density at radius 2 is 2.04 bits per heavy atom. The van der Waals surface area contributed by atoms with Gasteiger partial charge in [-0.3, -0.25) is 4.68 Å². The van der Waals surface area contributed by atoms with E-state index in [1.54, 1.807) is 17.1 Å². The molecule has 0 bridgehead atoms. The maximum Gasteiger partial charge on any atom is 0.387 e. The SMILES string of the molecule is O=C(O)c1cc(OC(F)F)cc(-c2cnn(C3CCOCC3)c2)c1. The Bertz CT molecular complexity index is 727. The lowest BCUT2D eigenvalue weighted by molar-refractivity contribution is -0.0498. The summed E-state index contributed by atoms with van der Waals surface area (Å²) >= 11 is 0. The monoisotopic (exact) mass is 338 g/mol. The topological polar surface area (TPSA) is 73.6 Å². The van der Waals surface area contributed by atoms with Crippen LogP contribution in [0.2, 0.25) is 0 Å². The van der Waals surface area contributed by atoms with Gasteiger partial charge in [-0.15, -0.1) is 0 Å². The number of halogens is 2. The zero-order chi connectivity index (χ0) is 17.1. The lowest BCUT2D eigenvalue weighted by atomic mass is 10.1. The average molecular weight is 338 g/mol. The maximum atomic E-state index is 12.4. The van der Waals surface area contributed by atoms with E-state index >= 15 is 0 Å². The minimum Gasteiger partial charge on any atom is -0.478 e. The number of aromatic carboxylic acids is 1. The van der Waals surface area contributed by atoms with E-state index in [0.29, 0.717) is 24.3 Å². The number of hydrogen-bond acceptors (Lipinski definition) is 4. The molecule has 24 heavy (non-hydrogen) atoms. The number of ether oxygens (including phenoxy) is 2. The molecule has 0 aliphatic carbocycles. The van der Waals surface area contributed by atoms with Crippen LogP contribution in [0.25, 0.3) is 11.1 Å². The molecule has 1 aliphatic heterocycles. The molecule has 1 aromatic carbocycles. The van der Waals surface area contributed by atoms with E-state index in [4.69, 9.17) is 9.84 Å². The number of hydrogen-bond donors (Lipinski definition) is 1. The fourth-order valence-electron chi connectivity index (χ4n) is 2.70. The van der Waals surface area contributed by atoms with E-state index in [9.17, 15) is 13.6 Å². The van der Waals surface area contributed by atoms with Crippen LogP contribution in [-0.4, -0.2) is 40.7 Å². The smallest absolute Gasteiger partial charge is 0.387 e. The van der Waals surface area contributed by atoms with Gasteiger partial charge in [-0.1, -0.05) is 0 Å². The van der Waals surface area contributed by atoms with Crippen molar-refractivity contribution in [2.45, 2.75) is 25.5 Å². The second kappa shape index (κ2) is 6.96. The molecule has 1 aliphatic rings. The van der Waals surface area contributed by atoms with Gasteiger partial charge in [0, 0.05) is 25.0 Å². The van der Waals surface area contributed by atoms with Crippen molar-refractivity contribution in [3.63, 3.8) is 0 Å². The van der Waals surface area contributed by atoms with Crippen LogP contribution in [0.4, 0.5) is 8.78 Å². The Hall–Kier alpha value is -2.48. The summed E-state index contributed by atoms with van der Waals surface area (Å²) in [5, 5.41) is 13.5. The highest BCUT2D eigenvalue weighted by Crippen LogP contribution is 2.29. The number of carboxylic acids is 1. The molecule has 6 nitrogen and oxygen atoms in total. The number of aromatic nitrogens is 2. The predicted octanol–water partition coefficient (Wildman–Crippen LogP) is 3.20. The number of rotatable bonds is 5. The number of alkyl halides is 2. The van der Waals surface area contributed by atoms with E-state index in [2.05, 4.69) is 9.84 Å². The van der Waals surface area contributed by atoms with E-state index in [1.165, 1.54) is 12.1 Å². The van der Waals surface area contributed by atoms with Gasteiger partial charge in [-0.2, -0.15) is 13.9 Å². The third kappa shape index (κ3) is 3.70. The Morgan fingerprint density at radius 3 is 2.71 bits per heavy atom. The van der Waals surface area contributed by atoms with Gasteiger partial charge >= 0.3 is 12.6 Å². The van der Waals surface area contributed by atoms with Crippen LogP contribution in [0, 0.1) is 0 Å². The fraction of sp³-hybridized carbons (Fsp3) is 0.375. The predicted molar refractivity (Wildman–Crippen MR) is 80.3 cm³/mol. The molecule has 1 fully saturated rings. The summed E-state index contributed by atoms with van der Waals surface area (Å²) in [5.41, 5.74) is 0.981. The molecule has 0 radical (unpaired) electrons. The van der Waals surface area contributed by atoms with Gasteiger partial charge in [0.25, 0.3) is 0 Å². The first-order valence-electron chi connectivity index (χ1n) is 7.48. The van der Waals surface area contributed by atoms with Gasteiger partial charge in [0.1, 0.15) is 5.75 Å². The highest BCUT2D eigenvalue weighted by molar-refractivity contribution is 5.90. The van der Waals surface area contributed by atoms with Crippen molar-refractivity contribution in [3.8, 4) is 16.9 Å². The van der Waals surface area contributed by atoms with Crippen molar-refractivity contribution >= 4 is 5.97 Å². The summed E-state index contributed by atoms with van der Waals surface area (Å²) < 4.78 is 36.3. The fourth-order valence-corrected chi connectivity index (χ4v) is 2.70. The van der Waals surface area contributed by atoms with Crippen LogP contribution in [0.3, 0.4) is 0 Å². The average Bonchev–Trinajstić information content (AvgIpc) is 3.05. The van der Waals surface area contributed by atoms with E-state index in [0.717, 1.165) is 18.9 Å². The molecule has 2 heterocycles. The molecule has 1 saturated heterocycles. The van der Waals surface area contributed by atoms with Crippen LogP contribution in [0.5, 0.6) is 5.75 Å². The molecular formula is C16H16F2N2O4. The summed E-state index contributed by atoms with van der Waals surface area (Å²) in [6, 6.07) is 4.07. The van der Waals surface area contributed by atoms with Crippen molar-refractivity contribution < 1.29 is 28.2 Å². The van der Waals surface area contributed by atoms with Crippen LogP contribution < -0.4 is 4.74 Å². The first-order valence-corrected chi connectivity index (χ1v) is 7.48. The minimum absolute atomic E-state index is 0.123. The van der Waals surface area contributed by atoms with Crippen molar-refractivity contribution in [1.82, 2.24) is 9.78 Å². The molecule has 0 spiro atoms. The largest absolute Gasteiger partial charge is 0.478 e. The summed E-state index contributed by atoms with van der Waals surface area (Å²) in [6.45, 7) is -1.69. The second-order valence-electron chi connectivity index (χ2n) is 5.48. The van der Waals surface area contributed by atoms with Crippen molar-refractivity contribution in [1.29, 1.82) is 0 Å². The van der Waals surface area contributed by atoms with Crippen molar-refractivity contribution in [3.05, 3.63) is 36.2 Å². The number of carboxylic acid groups (broad SMARTS) is 1. The van der Waals surface area contributed by atoms with Gasteiger partial charge in [-0.05, 0) is 36.6 Å². The Labute approximate surface area is 136 Å². The standard InChI is InChI=1S/C16H16F2N2O4/c17-16(18)24-14-6-10(5-11(7-14)15(21)22)12-8-19-20(9-12)13-1-3-23-4-2-13/h5-9,13,16H,1-4H2,(H,21,22). The highest BCUT2D eigenvalue weighted by atomic mass is 19.3. The maximum absolute atomic E-state index is 12.4.